The van der Waals surface area contributed by atoms with E-state index < -0.39 is 0 Å². The molecule has 0 aliphatic carbocycles. The van der Waals surface area contributed by atoms with Gasteiger partial charge in [0.2, 0.25) is 0 Å². The third kappa shape index (κ3) is 1.80. The summed E-state index contributed by atoms with van der Waals surface area (Å²) in [6, 6.07) is 5.61. The van der Waals surface area contributed by atoms with Crippen LogP contribution in [-0.4, -0.2) is 44.1 Å². The van der Waals surface area contributed by atoms with E-state index in [1.807, 2.05) is 18.2 Å². The Hall–Kier alpha value is -2.24. The van der Waals surface area contributed by atoms with Crippen LogP contribution in [0.3, 0.4) is 0 Å². The van der Waals surface area contributed by atoms with Crippen molar-refractivity contribution < 1.29 is 14.3 Å². The van der Waals surface area contributed by atoms with Gasteiger partial charge in [0.1, 0.15) is 5.75 Å². The average Bonchev–Trinajstić information content (AvgIpc) is 2.74. The van der Waals surface area contributed by atoms with Crippen LogP contribution in [0.15, 0.2) is 18.2 Å². The van der Waals surface area contributed by atoms with E-state index in [9.17, 15) is 9.59 Å². The first kappa shape index (κ1) is 11.8. The second-order valence-electron chi connectivity index (χ2n) is 4.78. The number of amides is 3. The molecule has 6 heteroatoms. The van der Waals surface area contributed by atoms with E-state index in [0.717, 1.165) is 11.3 Å². The van der Waals surface area contributed by atoms with E-state index in [0.29, 0.717) is 12.3 Å². The van der Waals surface area contributed by atoms with Gasteiger partial charge in [0.25, 0.3) is 5.91 Å². The third-order valence-corrected chi connectivity index (χ3v) is 3.69. The number of nitrogens with zero attached hydrogens (tertiary/aromatic N) is 2. The number of anilines is 1. The van der Waals surface area contributed by atoms with E-state index in [1.165, 1.54) is 0 Å². The molecule has 19 heavy (non-hydrogen) atoms. The molecule has 1 atom stereocenters. The average molecular weight is 261 g/mol. The first-order valence-corrected chi connectivity index (χ1v) is 6.12. The molecule has 0 aromatic heterocycles. The van der Waals surface area contributed by atoms with E-state index in [4.69, 9.17) is 4.74 Å². The van der Waals surface area contributed by atoms with E-state index in [1.54, 1.807) is 23.9 Å². The van der Waals surface area contributed by atoms with Gasteiger partial charge >= 0.3 is 6.03 Å². The smallest absolute Gasteiger partial charge is 0.317 e. The molecule has 1 aromatic carbocycles. The van der Waals surface area contributed by atoms with Crippen molar-refractivity contribution in [3.05, 3.63) is 23.8 Å². The predicted molar refractivity (Wildman–Crippen MR) is 69.2 cm³/mol. The van der Waals surface area contributed by atoms with Crippen molar-refractivity contribution in [2.45, 2.75) is 6.04 Å². The number of carbonyl (C=O) groups is 2. The van der Waals surface area contributed by atoms with E-state index >= 15 is 0 Å². The van der Waals surface area contributed by atoms with Gasteiger partial charge in [-0.1, -0.05) is 6.07 Å². The van der Waals surface area contributed by atoms with Crippen molar-refractivity contribution in [1.82, 2.24) is 10.2 Å². The molecule has 0 spiro atoms. The van der Waals surface area contributed by atoms with E-state index in [-0.39, 0.29) is 24.6 Å². The number of hydrogen-bond acceptors (Lipinski definition) is 3. The lowest BCUT2D eigenvalue weighted by atomic mass is 10.0. The number of benzene rings is 1. The van der Waals surface area contributed by atoms with Crippen molar-refractivity contribution in [3.63, 3.8) is 0 Å². The van der Waals surface area contributed by atoms with Crippen molar-refractivity contribution in [2.75, 3.05) is 32.1 Å². The molecule has 2 aliphatic heterocycles. The molecule has 0 bridgehead atoms. The van der Waals surface area contributed by atoms with Gasteiger partial charge in [0, 0.05) is 20.6 Å². The molecule has 6 nitrogen and oxygen atoms in total. The van der Waals surface area contributed by atoms with Crippen molar-refractivity contribution in [3.8, 4) is 5.75 Å². The molecule has 0 radical (unpaired) electrons. The quantitative estimate of drug-likeness (QED) is 0.811. The maximum Gasteiger partial charge on any atom is 0.317 e. The minimum atomic E-state index is -0.0802. The number of carbonyl (C=O) groups excluding carboxylic acids is 2. The number of hydrogen-bond donors (Lipinski definition) is 1. The maximum atomic E-state index is 11.6. The monoisotopic (exact) mass is 261 g/mol. The Morgan fingerprint density at radius 2 is 2.11 bits per heavy atom. The second-order valence-corrected chi connectivity index (χ2v) is 4.78. The molecule has 1 N–H and O–H groups in total. The van der Waals surface area contributed by atoms with Crippen molar-refractivity contribution in [1.29, 1.82) is 0 Å². The van der Waals surface area contributed by atoms with Crippen LogP contribution in [-0.2, 0) is 4.79 Å². The van der Waals surface area contributed by atoms with Crippen LogP contribution in [0.4, 0.5) is 10.5 Å². The number of urea groups is 1. The molecule has 3 rings (SSSR count). The highest BCUT2D eigenvalue weighted by atomic mass is 16.5. The fraction of sp³-hybridized carbons (Fsp3) is 0.385. The largest absolute Gasteiger partial charge is 0.482 e. The molecule has 2 heterocycles. The lowest BCUT2D eigenvalue weighted by molar-refractivity contribution is -0.120. The Labute approximate surface area is 110 Å². The molecule has 1 saturated heterocycles. The summed E-state index contributed by atoms with van der Waals surface area (Å²) < 4.78 is 5.38. The molecule has 2 aliphatic rings. The number of ether oxygens (including phenoxy) is 1. The standard InChI is InChI=1S/C13H15N3O3/c1-15-9-5-8(10-6-14-13(18)16(10)2)3-4-11(9)19-7-12(15)17/h3-5,10H,6-7H2,1-2H3,(H,14,18). The summed E-state index contributed by atoms with van der Waals surface area (Å²) in [7, 11) is 3.49. The zero-order valence-electron chi connectivity index (χ0n) is 10.8. The number of rotatable bonds is 1. The second kappa shape index (κ2) is 4.15. The fourth-order valence-electron chi connectivity index (χ4n) is 2.43. The highest BCUT2D eigenvalue weighted by Gasteiger charge is 2.30. The van der Waals surface area contributed by atoms with Crippen LogP contribution < -0.4 is 15.0 Å². The molecule has 1 fully saturated rings. The van der Waals surface area contributed by atoms with Gasteiger partial charge in [0.05, 0.1) is 11.7 Å². The summed E-state index contributed by atoms with van der Waals surface area (Å²) in [6.45, 7) is 0.652. The van der Waals surface area contributed by atoms with Crippen molar-refractivity contribution in [2.24, 2.45) is 0 Å². The molecular formula is C13H15N3O3. The minimum absolute atomic E-state index is 0.0109. The molecule has 1 aromatic rings. The summed E-state index contributed by atoms with van der Waals surface area (Å²) in [5.41, 5.74) is 1.74. The third-order valence-electron chi connectivity index (χ3n) is 3.69. The zero-order chi connectivity index (χ0) is 13.6. The van der Waals surface area contributed by atoms with Crippen LogP contribution in [0.5, 0.6) is 5.75 Å². The highest BCUT2D eigenvalue weighted by molar-refractivity contribution is 5.97. The molecule has 1 unspecified atom stereocenters. The summed E-state index contributed by atoms with van der Waals surface area (Å²) in [5, 5.41) is 2.79. The zero-order valence-corrected chi connectivity index (χ0v) is 10.8. The predicted octanol–water partition coefficient (Wildman–Crippen LogP) is 0.738. The van der Waals surface area contributed by atoms with Gasteiger partial charge in [-0.3, -0.25) is 4.79 Å². The Kier molecular flexibility index (Phi) is 2.58. The van der Waals surface area contributed by atoms with Gasteiger partial charge in [0.15, 0.2) is 6.61 Å². The van der Waals surface area contributed by atoms with Gasteiger partial charge in [-0.25, -0.2) is 4.79 Å². The van der Waals surface area contributed by atoms with Crippen LogP contribution in [0.25, 0.3) is 0 Å². The van der Waals surface area contributed by atoms with Gasteiger partial charge < -0.3 is 19.9 Å². The Morgan fingerprint density at radius 1 is 1.32 bits per heavy atom. The van der Waals surface area contributed by atoms with Crippen LogP contribution in [0, 0.1) is 0 Å². The first-order valence-electron chi connectivity index (χ1n) is 6.12. The van der Waals surface area contributed by atoms with Crippen LogP contribution >= 0.6 is 0 Å². The number of likely N-dealkylation sites (N-methyl/N-ethyl adjacent to an activating group) is 2. The van der Waals surface area contributed by atoms with Crippen LogP contribution in [0.2, 0.25) is 0 Å². The van der Waals surface area contributed by atoms with Gasteiger partial charge in [-0.2, -0.15) is 0 Å². The lowest BCUT2D eigenvalue weighted by Crippen LogP contribution is -2.35. The summed E-state index contributed by atoms with van der Waals surface area (Å²) in [6.07, 6.45) is 0. The number of nitrogens with one attached hydrogen (secondary N) is 1. The van der Waals surface area contributed by atoms with Crippen molar-refractivity contribution >= 4 is 17.6 Å². The Bertz CT molecular complexity index is 558. The lowest BCUT2D eigenvalue weighted by Gasteiger charge is -2.27. The summed E-state index contributed by atoms with van der Waals surface area (Å²) in [5.74, 6) is 0.629. The normalized spacial score (nSPS) is 22.1. The molecule has 0 saturated carbocycles. The van der Waals surface area contributed by atoms with Gasteiger partial charge in [-0.05, 0) is 17.7 Å². The fourth-order valence-corrected chi connectivity index (χ4v) is 2.43. The van der Waals surface area contributed by atoms with Crippen LogP contribution in [0.1, 0.15) is 11.6 Å². The maximum absolute atomic E-state index is 11.6. The Morgan fingerprint density at radius 3 is 2.79 bits per heavy atom. The molecule has 100 valence electrons. The SMILES string of the molecule is CN1C(=O)COc2ccc(C3CNC(=O)N3C)cc21. The Balaban J connectivity index is 1.97. The highest BCUT2D eigenvalue weighted by Crippen LogP contribution is 2.35. The first-order chi connectivity index (χ1) is 9.08. The molecule has 3 amide bonds. The topological polar surface area (TPSA) is 61.9 Å². The summed E-state index contributed by atoms with van der Waals surface area (Å²) >= 11 is 0. The van der Waals surface area contributed by atoms with E-state index in [2.05, 4.69) is 5.32 Å². The summed E-state index contributed by atoms with van der Waals surface area (Å²) in [4.78, 5) is 26.4. The minimum Gasteiger partial charge on any atom is -0.482 e. The molecular weight excluding hydrogens is 246 g/mol. The van der Waals surface area contributed by atoms with Gasteiger partial charge in [-0.15, -0.1) is 0 Å². The number of fused-ring (bicyclic) bond motifs is 1.